The molecule has 0 amide bonds. The van der Waals surface area contributed by atoms with Crippen molar-refractivity contribution in [3.8, 4) is 0 Å². The summed E-state index contributed by atoms with van der Waals surface area (Å²) >= 11 is 0. The van der Waals surface area contributed by atoms with Crippen LogP contribution in [0.4, 0.5) is 0 Å². The molecule has 0 aliphatic rings. The summed E-state index contributed by atoms with van der Waals surface area (Å²) in [4.78, 5) is 38.1. The molecule has 452 valence electrons. The molecule has 1 atom stereocenters. The Kier molecular flexibility index (Phi) is 63.3. The molecular weight excluding hydrogens is 973 g/mol. The highest BCUT2D eigenvalue weighted by Crippen LogP contribution is 2.16. The van der Waals surface area contributed by atoms with Crippen molar-refractivity contribution in [1.82, 2.24) is 0 Å². The fourth-order valence-corrected chi connectivity index (χ4v) is 9.28. The lowest BCUT2D eigenvalue weighted by Gasteiger charge is -2.18. The Morgan fingerprint density at radius 1 is 0.266 bits per heavy atom. The molecule has 0 aromatic carbocycles. The van der Waals surface area contributed by atoms with Crippen molar-refractivity contribution in [1.29, 1.82) is 0 Å². The number of rotatable bonds is 60. The summed E-state index contributed by atoms with van der Waals surface area (Å²) in [6.45, 7) is 6.49. The maximum absolute atomic E-state index is 12.9. The molecule has 0 aromatic heterocycles. The van der Waals surface area contributed by atoms with E-state index >= 15 is 0 Å². The lowest BCUT2D eigenvalue weighted by atomic mass is 10.0. The Hall–Kier alpha value is -3.93. The molecule has 0 aliphatic carbocycles. The number of hydrogen-bond donors (Lipinski definition) is 0. The monoisotopic (exact) mass is 1100 g/mol. The maximum Gasteiger partial charge on any atom is 0.306 e. The number of esters is 3. The van der Waals surface area contributed by atoms with Crippen LogP contribution >= 0.6 is 0 Å². The van der Waals surface area contributed by atoms with E-state index in [1.54, 1.807) is 0 Å². The molecule has 0 bridgehead atoms. The molecule has 6 nitrogen and oxygen atoms in total. The normalized spacial score (nSPS) is 12.8. The highest BCUT2D eigenvalue weighted by atomic mass is 16.6. The topological polar surface area (TPSA) is 78.9 Å². The third-order valence-electron chi connectivity index (χ3n) is 14.3. The lowest BCUT2D eigenvalue weighted by molar-refractivity contribution is -0.167. The van der Waals surface area contributed by atoms with Gasteiger partial charge in [0, 0.05) is 19.3 Å². The van der Waals surface area contributed by atoms with E-state index in [1.165, 1.54) is 161 Å². The highest BCUT2D eigenvalue weighted by Gasteiger charge is 2.19. The predicted molar refractivity (Wildman–Crippen MR) is 343 cm³/mol. The summed E-state index contributed by atoms with van der Waals surface area (Å²) in [5, 5.41) is 0. The zero-order valence-corrected chi connectivity index (χ0v) is 51.9. The second-order valence-electron chi connectivity index (χ2n) is 22.0. The maximum atomic E-state index is 12.9. The minimum atomic E-state index is -0.780. The van der Waals surface area contributed by atoms with Crippen molar-refractivity contribution < 1.29 is 28.6 Å². The van der Waals surface area contributed by atoms with Crippen LogP contribution in [0.15, 0.2) is 109 Å². The van der Waals surface area contributed by atoms with Crippen LogP contribution in [0.5, 0.6) is 0 Å². The van der Waals surface area contributed by atoms with Gasteiger partial charge >= 0.3 is 17.9 Å². The summed E-state index contributed by atoms with van der Waals surface area (Å²) in [7, 11) is 0. The molecule has 0 saturated carbocycles. The Morgan fingerprint density at radius 3 is 0.785 bits per heavy atom. The van der Waals surface area contributed by atoms with Crippen molar-refractivity contribution in [2.45, 2.75) is 322 Å². The van der Waals surface area contributed by atoms with Crippen molar-refractivity contribution >= 4 is 17.9 Å². The van der Waals surface area contributed by atoms with Gasteiger partial charge < -0.3 is 14.2 Å². The number of carbonyl (C=O) groups excluding carboxylic acids is 3. The Bertz CT molecular complexity index is 1590. The largest absolute Gasteiger partial charge is 0.462 e. The minimum absolute atomic E-state index is 0.0784. The molecular formula is C73H124O6. The van der Waals surface area contributed by atoms with Gasteiger partial charge in [-0.3, -0.25) is 14.4 Å². The summed E-state index contributed by atoms with van der Waals surface area (Å²) in [6.07, 6.45) is 91.2. The zero-order valence-electron chi connectivity index (χ0n) is 51.9. The number of ether oxygens (including phenoxy) is 3. The molecule has 0 fully saturated rings. The lowest BCUT2D eigenvalue weighted by Crippen LogP contribution is -2.30. The number of carbonyl (C=O) groups is 3. The fourth-order valence-electron chi connectivity index (χ4n) is 9.28. The standard InChI is InChI=1S/C73H124O6/c1-4-7-10-13-16-19-21-23-25-27-29-30-31-32-33-34-35-36-37-38-39-40-41-42-43-44-45-47-48-50-52-54-57-60-63-66-72(75)78-69-70(68-77-71(74)65-62-59-56-18-15-12-9-6-3)79-73(76)67-64-61-58-55-53-51-49-46-28-26-24-22-20-17-14-11-8-5-2/h7,10,16,19-20,22-23,25-26,28-30,32-33,35-36,38-39,70H,4-6,8-9,11-15,17-18,21,24,27,31,34,37,40-69H2,1-3H3/b10-7-,19-16-,22-20-,25-23-,28-26-,30-29-,33-32-,36-35-,39-38-. The average Bonchev–Trinajstić information content (AvgIpc) is 3.45. The number of hydrogen-bond acceptors (Lipinski definition) is 6. The van der Waals surface area contributed by atoms with Gasteiger partial charge in [-0.1, -0.05) is 297 Å². The molecule has 0 radical (unpaired) electrons. The Balaban J connectivity index is 4.10. The van der Waals surface area contributed by atoms with Gasteiger partial charge in [0.1, 0.15) is 13.2 Å². The van der Waals surface area contributed by atoms with E-state index in [4.69, 9.17) is 14.2 Å². The first kappa shape index (κ1) is 75.1. The van der Waals surface area contributed by atoms with Gasteiger partial charge in [0.05, 0.1) is 0 Å². The van der Waals surface area contributed by atoms with E-state index < -0.39 is 6.10 Å². The third-order valence-corrected chi connectivity index (χ3v) is 14.3. The summed E-state index contributed by atoms with van der Waals surface area (Å²) in [5.74, 6) is -0.883. The molecule has 0 aliphatic heterocycles. The second kappa shape index (κ2) is 66.6. The van der Waals surface area contributed by atoms with Gasteiger partial charge in [0.2, 0.25) is 0 Å². The second-order valence-corrected chi connectivity index (χ2v) is 22.0. The number of unbranched alkanes of at least 4 members (excludes halogenated alkanes) is 31. The quantitative estimate of drug-likeness (QED) is 0.0261. The zero-order chi connectivity index (χ0) is 57.1. The smallest absolute Gasteiger partial charge is 0.306 e. The molecule has 0 saturated heterocycles. The van der Waals surface area contributed by atoms with Crippen molar-refractivity contribution in [3.05, 3.63) is 109 Å². The van der Waals surface area contributed by atoms with Gasteiger partial charge in [0.15, 0.2) is 6.10 Å². The van der Waals surface area contributed by atoms with Gasteiger partial charge in [0.25, 0.3) is 0 Å². The van der Waals surface area contributed by atoms with E-state index in [1.807, 2.05) is 0 Å². The predicted octanol–water partition coefficient (Wildman–Crippen LogP) is 23.0. The van der Waals surface area contributed by atoms with Gasteiger partial charge in [-0.2, -0.15) is 0 Å². The van der Waals surface area contributed by atoms with E-state index in [-0.39, 0.29) is 31.1 Å². The molecule has 1 unspecified atom stereocenters. The molecule has 79 heavy (non-hydrogen) atoms. The van der Waals surface area contributed by atoms with Crippen LogP contribution in [0.3, 0.4) is 0 Å². The van der Waals surface area contributed by atoms with Crippen molar-refractivity contribution in [2.75, 3.05) is 13.2 Å². The van der Waals surface area contributed by atoms with Crippen molar-refractivity contribution in [2.24, 2.45) is 0 Å². The molecule has 6 heteroatoms. The third kappa shape index (κ3) is 64.8. The fraction of sp³-hybridized carbons (Fsp3) is 0.712. The highest BCUT2D eigenvalue weighted by molar-refractivity contribution is 5.71. The first-order valence-corrected chi connectivity index (χ1v) is 33.4. The molecule has 0 aromatic rings. The van der Waals surface area contributed by atoms with Crippen LogP contribution in [0.25, 0.3) is 0 Å². The van der Waals surface area contributed by atoms with Gasteiger partial charge in [-0.15, -0.1) is 0 Å². The first-order valence-electron chi connectivity index (χ1n) is 33.4. The SMILES string of the molecule is CC/C=C\C/C=C\C/C=C\C/C=C\C/C=C\C/C=C\C/C=C\CCCCCCCCCCCCCCCC(=O)OCC(COC(=O)CCCCCCCCCC)OC(=O)CCCCCCCCC/C=C\C/C=C\CCCCCC. The van der Waals surface area contributed by atoms with Crippen LogP contribution in [-0.2, 0) is 28.6 Å². The summed E-state index contributed by atoms with van der Waals surface area (Å²) in [5.41, 5.74) is 0. The first-order chi connectivity index (χ1) is 39.0. The van der Waals surface area contributed by atoms with Gasteiger partial charge in [-0.25, -0.2) is 0 Å². The Labute approximate surface area is 489 Å². The van der Waals surface area contributed by atoms with E-state index in [0.29, 0.717) is 19.3 Å². The Morgan fingerprint density at radius 2 is 0.494 bits per heavy atom. The van der Waals surface area contributed by atoms with Crippen LogP contribution in [0.2, 0.25) is 0 Å². The van der Waals surface area contributed by atoms with E-state index in [0.717, 1.165) is 116 Å². The van der Waals surface area contributed by atoms with Gasteiger partial charge in [-0.05, 0) is 109 Å². The average molecular weight is 1100 g/mol. The van der Waals surface area contributed by atoms with Crippen LogP contribution in [0, 0.1) is 0 Å². The van der Waals surface area contributed by atoms with Crippen LogP contribution in [-0.4, -0.2) is 37.2 Å². The molecule has 0 rings (SSSR count). The van der Waals surface area contributed by atoms with Crippen LogP contribution in [0.1, 0.15) is 316 Å². The molecule has 0 N–H and O–H groups in total. The van der Waals surface area contributed by atoms with E-state index in [9.17, 15) is 14.4 Å². The van der Waals surface area contributed by atoms with E-state index in [2.05, 4.69) is 130 Å². The molecule has 0 spiro atoms. The minimum Gasteiger partial charge on any atom is -0.462 e. The summed E-state index contributed by atoms with van der Waals surface area (Å²) in [6, 6.07) is 0. The summed E-state index contributed by atoms with van der Waals surface area (Å²) < 4.78 is 16.9. The molecule has 0 heterocycles. The van der Waals surface area contributed by atoms with Crippen LogP contribution < -0.4 is 0 Å². The van der Waals surface area contributed by atoms with Crippen molar-refractivity contribution in [3.63, 3.8) is 0 Å². The number of allylic oxidation sites excluding steroid dienone is 18.